The number of rotatable bonds is 7. The first-order valence-electron chi connectivity index (χ1n) is 8.42. The fourth-order valence-corrected chi connectivity index (χ4v) is 2.26. The highest BCUT2D eigenvalue weighted by molar-refractivity contribution is 6.62. The van der Waals surface area contributed by atoms with Crippen LogP contribution in [-0.4, -0.2) is 32.0 Å². The third kappa shape index (κ3) is 4.56. The molecular formula is C20H26BFO4. The molecule has 0 atom stereocenters. The molecule has 0 amide bonds. The SMILES string of the molecule is C=C(/C=C\C(=C)OC)COc1ccc(B2OC(C)(C)C(C)(C)O2)cc1F. The first-order chi connectivity index (χ1) is 12.1. The zero-order valence-electron chi connectivity index (χ0n) is 16.1. The van der Waals surface area contributed by atoms with Crippen molar-refractivity contribution in [3.8, 4) is 5.75 Å². The Morgan fingerprint density at radius 1 is 1.15 bits per heavy atom. The Hall–Kier alpha value is -2.05. The zero-order chi connectivity index (χ0) is 19.5. The highest BCUT2D eigenvalue weighted by atomic mass is 19.1. The van der Waals surface area contributed by atoms with Crippen LogP contribution in [0.4, 0.5) is 4.39 Å². The van der Waals surface area contributed by atoms with E-state index in [1.54, 1.807) is 24.3 Å². The van der Waals surface area contributed by atoms with Gasteiger partial charge < -0.3 is 18.8 Å². The van der Waals surface area contributed by atoms with E-state index in [0.29, 0.717) is 16.8 Å². The van der Waals surface area contributed by atoms with E-state index in [1.165, 1.54) is 13.2 Å². The standard InChI is InChI=1S/C20H26BFO4/c1-14(8-9-15(2)23-7)13-24-18-11-10-16(12-17(18)22)21-25-19(3,4)20(5,6)26-21/h8-12H,1-2,13H2,3-7H3/b9-8-. The molecule has 0 bridgehead atoms. The monoisotopic (exact) mass is 360 g/mol. The second-order valence-electron chi connectivity index (χ2n) is 7.23. The molecule has 4 nitrogen and oxygen atoms in total. The van der Waals surface area contributed by atoms with Crippen LogP contribution < -0.4 is 10.2 Å². The van der Waals surface area contributed by atoms with E-state index in [2.05, 4.69) is 13.2 Å². The van der Waals surface area contributed by atoms with Crippen LogP contribution >= 0.6 is 0 Å². The first kappa shape index (κ1) is 20.3. The van der Waals surface area contributed by atoms with E-state index in [9.17, 15) is 4.39 Å². The molecule has 0 radical (unpaired) electrons. The van der Waals surface area contributed by atoms with E-state index in [1.807, 2.05) is 27.7 Å². The predicted octanol–water partition coefficient (Wildman–Crippen LogP) is 3.78. The van der Waals surface area contributed by atoms with Gasteiger partial charge in [-0.25, -0.2) is 4.39 Å². The minimum Gasteiger partial charge on any atom is -0.497 e. The number of allylic oxidation sites excluding steroid dienone is 1. The summed E-state index contributed by atoms with van der Waals surface area (Å²) >= 11 is 0. The summed E-state index contributed by atoms with van der Waals surface area (Å²) in [5.41, 5.74) is 0.334. The topological polar surface area (TPSA) is 36.9 Å². The Morgan fingerprint density at radius 3 is 2.31 bits per heavy atom. The normalized spacial score (nSPS) is 18.2. The molecule has 2 rings (SSSR count). The predicted molar refractivity (Wildman–Crippen MR) is 102 cm³/mol. The highest BCUT2D eigenvalue weighted by Gasteiger charge is 2.51. The molecule has 0 spiro atoms. The van der Waals surface area contributed by atoms with Gasteiger partial charge in [-0.15, -0.1) is 0 Å². The average molecular weight is 360 g/mol. The molecule has 140 valence electrons. The van der Waals surface area contributed by atoms with E-state index in [4.69, 9.17) is 18.8 Å². The van der Waals surface area contributed by atoms with Crippen molar-refractivity contribution in [2.45, 2.75) is 38.9 Å². The van der Waals surface area contributed by atoms with Crippen molar-refractivity contribution in [3.05, 3.63) is 60.7 Å². The van der Waals surface area contributed by atoms with Crippen LogP contribution in [0.15, 0.2) is 54.8 Å². The molecule has 1 aliphatic rings. The molecule has 1 aromatic rings. The molecular weight excluding hydrogens is 334 g/mol. The maximum absolute atomic E-state index is 14.4. The quantitative estimate of drug-likeness (QED) is 0.421. The molecule has 1 aliphatic heterocycles. The summed E-state index contributed by atoms with van der Waals surface area (Å²) in [4.78, 5) is 0. The fourth-order valence-electron chi connectivity index (χ4n) is 2.26. The van der Waals surface area contributed by atoms with Gasteiger partial charge in [-0.3, -0.25) is 0 Å². The van der Waals surface area contributed by atoms with Gasteiger partial charge in [0, 0.05) is 0 Å². The summed E-state index contributed by atoms with van der Waals surface area (Å²) in [5.74, 6) is 0.171. The second kappa shape index (κ2) is 7.68. The second-order valence-corrected chi connectivity index (χ2v) is 7.23. The van der Waals surface area contributed by atoms with Crippen molar-refractivity contribution in [1.82, 2.24) is 0 Å². The lowest BCUT2D eigenvalue weighted by molar-refractivity contribution is 0.00578. The van der Waals surface area contributed by atoms with Crippen LogP contribution in [0.5, 0.6) is 5.75 Å². The number of methoxy groups -OCH3 is 1. The number of halogens is 1. The fraction of sp³-hybridized carbons (Fsp3) is 0.400. The molecule has 0 unspecified atom stereocenters. The van der Waals surface area contributed by atoms with Gasteiger partial charge >= 0.3 is 7.12 Å². The van der Waals surface area contributed by atoms with Gasteiger partial charge in [-0.2, -0.15) is 0 Å². The molecule has 0 saturated carbocycles. The van der Waals surface area contributed by atoms with Crippen molar-refractivity contribution in [2.24, 2.45) is 0 Å². The van der Waals surface area contributed by atoms with Crippen molar-refractivity contribution in [3.63, 3.8) is 0 Å². The van der Waals surface area contributed by atoms with Crippen LogP contribution in [0.3, 0.4) is 0 Å². The largest absolute Gasteiger partial charge is 0.497 e. The number of benzene rings is 1. The molecule has 1 aromatic carbocycles. The molecule has 1 heterocycles. The maximum Gasteiger partial charge on any atom is 0.494 e. The number of hydrogen-bond donors (Lipinski definition) is 0. The van der Waals surface area contributed by atoms with Crippen molar-refractivity contribution in [2.75, 3.05) is 13.7 Å². The molecule has 0 aliphatic carbocycles. The van der Waals surface area contributed by atoms with Crippen LogP contribution in [0, 0.1) is 5.82 Å². The van der Waals surface area contributed by atoms with Gasteiger partial charge in [0.2, 0.25) is 0 Å². The summed E-state index contributed by atoms with van der Waals surface area (Å²) < 4.78 is 36.7. The van der Waals surface area contributed by atoms with Crippen LogP contribution in [-0.2, 0) is 14.0 Å². The van der Waals surface area contributed by atoms with E-state index in [-0.39, 0.29) is 12.4 Å². The zero-order valence-corrected chi connectivity index (χ0v) is 16.1. The number of hydrogen-bond acceptors (Lipinski definition) is 4. The van der Waals surface area contributed by atoms with Gasteiger partial charge in [-0.05, 0) is 56.9 Å². The van der Waals surface area contributed by atoms with Gasteiger partial charge in [0.05, 0.1) is 18.3 Å². The molecule has 1 saturated heterocycles. The average Bonchev–Trinajstić information content (AvgIpc) is 2.79. The summed E-state index contributed by atoms with van der Waals surface area (Å²) in [6.07, 6.45) is 3.38. The summed E-state index contributed by atoms with van der Waals surface area (Å²) in [5, 5.41) is 0. The van der Waals surface area contributed by atoms with Crippen molar-refractivity contribution >= 4 is 12.6 Å². The molecule has 1 fully saturated rings. The Balaban J connectivity index is 2.01. The van der Waals surface area contributed by atoms with E-state index >= 15 is 0 Å². The molecule has 0 N–H and O–H groups in total. The summed E-state index contributed by atoms with van der Waals surface area (Å²) in [6.45, 7) is 15.5. The lowest BCUT2D eigenvalue weighted by atomic mass is 9.79. The Kier molecular flexibility index (Phi) is 5.99. The lowest BCUT2D eigenvalue weighted by Crippen LogP contribution is -2.41. The van der Waals surface area contributed by atoms with Gasteiger partial charge in [0.25, 0.3) is 0 Å². The van der Waals surface area contributed by atoms with Crippen LogP contribution in [0.1, 0.15) is 27.7 Å². The molecule has 6 heteroatoms. The highest BCUT2D eigenvalue weighted by Crippen LogP contribution is 2.36. The smallest absolute Gasteiger partial charge is 0.494 e. The summed E-state index contributed by atoms with van der Waals surface area (Å²) in [7, 11) is 0.921. The lowest BCUT2D eigenvalue weighted by Gasteiger charge is -2.32. The van der Waals surface area contributed by atoms with Crippen molar-refractivity contribution in [1.29, 1.82) is 0 Å². The first-order valence-corrected chi connectivity index (χ1v) is 8.42. The molecule has 0 aromatic heterocycles. The van der Waals surface area contributed by atoms with E-state index in [0.717, 1.165) is 0 Å². The third-order valence-corrected chi connectivity index (χ3v) is 4.66. The van der Waals surface area contributed by atoms with Crippen LogP contribution in [0.25, 0.3) is 0 Å². The van der Waals surface area contributed by atoms with Crippen LogP contribution in [0.2, 0.25) is 0 Å². The molecule has 26 heavy (non-hydrogen) atoms. The maximum atomic E-state index is 14.4. The van der Waals surface area contributed by atoms with Gasteiger partial charge in [0.15, 0.2) is 11.6 Å². The Labute approximate surface area is 155 Å². The Bertz CT molecular complexity index is 709. The number of ether oxygens (including phenoxy) is 2. The Morgan fingerprint density at radius 2 is 1.77 bits per heavy atom. The minimum absolute atomic E-state index is 0.144. The van der Waals surface area contributed by atoms with E-state index < -0.39 is 24.1 Å². The third-order valence-electron chi connectivity index (χ3n) is 4.66. The van der Waals surface area contributed by atoms with Gasteiger partial charge in [-0.1, -0.05) is 25.3 Å². The van der Waals surface area contributed by atoms with Gasteiger partial charge in [0.1, 0.15) is 12.4 Å². The van der Waals surface area contributed by atoms with Crippen molar-refractivity contribution < 1.29 is 23.2 Å². The minimum atomic E-state index is -0.610. The summed E-state index contributed by atoms with van der Waals surface area (Å²) in [6, 6.07) is 4.69.